The lowest BCUT2D eigenvalue weighted by molar-refractivity contribution is -0.134. The number of aliphatic carboxylic acids is 1. The summed E-state index contributed by atoms with van der Waals surface area (Å²) in [6.07, 6.45) is 1.08. The van der Waals surface area contributed by atoms with Crippen LogP contribution in [0, 0.1) is 6.92 Å². The fourth-order valence-electron chi connectivity index (χ4n) is 2.16. The van der Waals surface area contributed by atoms with Crippen LogP contribution < -0.4 is 10.6 Å². The molecular formula is C12H19N5O2. The van der Waals surface area contributed by atoms with Gasteiger partial charge in [0.2, 0.25) is 0 Å². The molecule has 1 aromatic heterocycles. The highest BCUT2D eigenvalue weighted by Crippen LogP contribution is 2.16. The number of anilines is 2. The molecule has 7 heteroatoms. The van der Waals surface area contributed by atoms with Crippen molar-refractivity contribution in [3.8, 4) is 0 Å². The van der Waals surface area contributed by atoms with E-state index in [9.17, 15) is 4.79 Å². The van der Waals surface area contributed by atoms with Crippen LogP contribution >= 0.6 is 0 Å². The largest absolute Gasteiger partial charge is 0.480 e. The van der Waals surface area contributed by atoms with Crippen LogP contribution in [-0.2, 0) is 4.79 Å². The minimum atomic E-state index is -0.914. The minimum Gasteiger partial charge on any atom is -0.480 e. The molecule has 0 bridgehead atoms. The molecule has 0 saturated carbocycles. The van der Waals surface area contributed by atoms with E-state index in [0.717, 1.165) is 25.3 Å². The predicted molar refractivity (Wildman–Crippen MR) is 72.4 cm³/mol. The summed E-state index contributed by atoms with van der Waals surface area (Å²) in [6.45, 7) is 3.70. The van der Waals surface area contributed by atoms with Gasteiger partial charge in [-0.25, -0.2) is 9.97 Å². The molecule has 2 heterocycles. The Morgan fingerprint density at radius 1 is 1.53 bits per heavy atom. The maximum Gasteiger partial charge on any atom is 0.322 e. The highest BCUT2D eigenvalue weighted by molar-refractivity contribution is 5.72. The fourth-order valence-corrected chi connectivity index (χ4v) is 2.16. The number of aromatic nitrogens is 2. The maximum atomic E-state index is 10.5. The number of carbonyl (C=O) groups is 1. The number of rotatable bonds is 5. The lowest BCUT2D eigenvalue weighted by Gasteiger charge is -2.14. The summed E-state index contributed by atoms with van der Waals surface area (Å²) in [6, 6.07) is 2.13. The molecule has 3 N–H and O–H groups in total. The van der Waals surface area contributed by atoms with Gasteiger partial charge in [0, 0.05) is 18.7 Å². The van der Waals surface area contributed by atoms with Crippen molar-refractivity contribution in [2.24, 2.45) is 0 Å². The monoisotopic (exact) mass is 265 g/mol. The number of carboxylic acid groups (broad SMARTS) is 1. The zero-order valence-corrected chi connectivity index (χ0v) is 11.2. The Balaban J connectivity index is 2.01. The third-order valence-corrected chi connectivity index (χ3v) is 3.00. The summed E-state index contributed by atoms with van der Waals surface area (Å²) >= 11 is 0. The van der Waals surface area contributed by atoms with Gasteiger partial charge < -0.3 is 20.6 Å². The molecule has 2 rings (SSSR count). The Labute approximate surface area is 112 Å². The molecule has 104 valence electrons. The molecular weight excluding hydrogens is 246 g/mol. The van der Waals surface area contributed by atoms with E-state index in [1.54, 1.807) is 13.0 Å². The van der Waals surface area contributed by atoms with Crippen molar-refractivity contribution < 1.29 is 9.90 Å². The fraction of sp³-hybridized carbons (Fsp3) is 0.583. The van der Waals surface area contributed by atoms with Gasteiger partial charge in [0.15, 0.2) is 0 Å². The predicted octanol–water partition coefficient (Wildman–Crippen LogP) is 0.398. The number of aryl methyl sites for hydroxylation is 1. The van der Waals surface area contributed by atoms with Gasteiger partial charge in [0.25, 0.3) is 0 Å². The Kier molecular flexibility index (Phi) is 4.16. The van der Waals surface area contributed by atoms with E-state index in [0.29, 0.717) is 17.7 Å². The maximum absolute atomic E-state index is 10.5. The van der Waals surface area contributed by atoms with E-state index in [4.69, 9.17) is 5.11 Å². The topological polar surface area (TPSA) is 90.4 Å². The van der Waals surface area contributed by atoms with Crippen LogP contribution in [0.15, 0.2) is 6.07 Å². The van der Waals surface area contributed by atoms with Gasteiger partial charge in [-0.1, -0.05) is 0 Å². The van der Waals surface area contributed by atoms with Crippen LogP contribution in [0.5, 0.6) is 0 Å². The Hall–Kier alpha value is -1.89. The minimum absolute atomic E-state index is 0.151. The van der Waals surface area contributed by atoms with Crippen LogP contribution in [0.1, 0.15) is 12.2 Å². The lowest BCUT2D eigenvalue weighted by Crippen LogP contribution is -2.24. The van der Waals surface area contributed by atoms with E-state index >= 15 is 0 Å². The summed E-state index contributed by atoms with van der Waals surface area (Å²) in [5.74, 6) is 0.969. The summed E-state index contributed by atoms with van der Waals surface area (Å²) < 4.78 is 0. The molecule has 1 aromatic rings. The van der Waals surface area contributed by atoms with E-state index < -0.39 is 5.97 Å². The number of likely N-dealkylation sites (tertiary alicyclic amines) is 1. The summed E-state index contributed by atoms with van der Waals surface area (Å²) in [7, 11) is 2.09. The van der Waals surface area contributed by atoms with Crippen molar-refractivity contribution in [3.05, 3.63) is 11.9 Å². The van der Waals surface area contributed by atoms with Gasteiger partial charge in [-0.2, -0.15) is 0 Å². The average Bonchev–Trinajstić information content (AvgIpc) is 2.71. The number of carboxylic acids is 1. The van der Waals surface area contributed by atoms with Crippen LogP contribution in [0.4, 0.5) is 11.6 Å². The summed E-state index contributed by atoms with van der Waals surface area (Å²) in [4.78, 5) is 21.3. The smallest absolute Gasteiger partial charge is 0.322 e. The van der Waals surface area contributed by atoms with Crippen molar-refractivity contribution >= 4 is 17.6 Å². The first kappa shape index (κ1) is 13.5. The van der Waals surface area contributed by atoms with Crippen molar-refractivity contribution in [2.45, 2.75) is 19.4 Å². The molecule has 1 aliphatic heterocycles. The van der Waals surface area contributed by atoms with Crippen molar-refractivity contribution in [1.29, 1.82) is 0 Å². The zero-order valence-electron chi connectivity index (χ0n) is 11.2. The molecule has 7 nitrogen and oxygen atoms in total. The Morgan fingerprint density at radius 2 is 2.26 bits per heavy atom. The SMILES string of the molecule is Cc1nc(NCC(=O)O)cc(NC2CCN(C)C2)n1. The van der Waals surface area contributed by atoms with E-state index in [2.05, 4.69) is 32.5 Å². The lowest BCUT2D eigenvalue weighted by atomic mass is 10.2. The van der Waals surface area contributed by atoms with Gasteiger partial charge >= 0.3 is 5.97 Å². The first-order chi connectivity index (χ1) is 9.02. The third kappa shape index (κ3) is 4.06. The molecule has 0 aromatic carbocycles. The first-order valence-electron chi connectivity index (χ1n) is 6.29. The number of likely N-dealkylation sites (N-methyl/N-ethyl adjacent to an activating group) is 1. The molecule has 19 heavy (non-hydrogen) atoms. The average molecular weight is 265 g/mol. The van der Waals surface area contributed by atoms with Crippen molar-refractivity contribution in [3.63, 3.8) is 0 Å². The van der Waals surface area contributed by atoms with E-state index in [1.807, 2.05) is 0 Å². The quantitative estimate of drug-likeness (QED) is 0.709. The van der Waals surface area contributed by atoms with Gasteiger partial charge in [-0.3, -0.25) is 4.79 Å². The molecule has 1 fully saturated rings. The molecule has 1 aliphatic rings. The normalized spacial score (nSPS) is 19.4. The molecule has 0 spiro atoms. The van der Waals surface area contributed by atoms with Gasteiger partial charge in [0.1, 0.15) is 24.0 Å². The molecule has 1 atom stereocenters. The highest BCUT2D eigenvalue weighted by Gasteiger charge is 2.19. The summed E-state index contributed by atoms with van der Waals surface area (Å²) in [5, 5.41) is 14.8. The van der Waals surface area contributed by atoms with Crippen molar-refractivity contribution in [2.75, 3.05) is 37.3 Å². The van der Waals surface area contributed by atoms with Crippen LogP contribution in [0.2, 0.25) is 0 Å². The van der Waals surface area contributed by atoms with E-state index in [-0.39, 0.29) is 6.54 Å². The van der Waals surface area contributed by atoms with E-state index in [1.165, 1.54) is 0 Å². The second-order valence-corrected chi connectivity index (χ2v) is 4.83. The molecule has 0 amide bonds. The number of hydrogen-bond acceptors (Lipinski definition) is 6. The molecule has 1 saturated heterocycles. The Bertz CT molecular complexity index is 465. The first-order valence-corrected chi connectivity index (χ1v) is 6.29. The highest BCUT2D eigenvalue weighted by atomic mass is 16.4. The van der Waals surface area contributed by atoms with Crippen LogP contribution in [0.25, 0.3) is 0 Å². The zero-order chi connectivity index (χ0) is 13.8. The third-order valence-electron chi connectivity index (χ3n) is 3.00. The van der Waals surface area contributed by atoms with Gasteiger partial charge in [-0.15, -0.1) is 0 Å². The van der Waals surface area contributed by atoms with Gasteiger partial charge in [0.05, 0.1) is 0 Å². The number of hydrogen-bond donors (Lipinski definition) is 3. The Morgan fingerprint density at radius 3 is 2.89 bits per heavy atom. The number of nitrogens with one attached hydrogen (secondary N) is 2. The second kappa shape index (κ2) is 5.83. The van der Waals surface area contributed by atoms with Crippen LogP contribution in [0.3, 0.4) is 0 Å². The molecule has 0 aliphatic carbocycles. The molecule has 0 radical (unpaired) electrons. The number of nitrogens with zero attached hydrogens (tertiary/aromatic N) is 3. The van der Waals surface area contributed by atoms with Gasteiger partial charge in [-0.05, 0) is 26.9 Å². The standard InChI is InChI=1S/C12H19N5O2/c1-8-14-10(13-6-12(18)19)5-11(15-8)16-9-3-4-17(2)7-9/h5,9H,3-4,6-7H2,1-2H3,(H,18,19)(H2,13,14,15,16). The van der Waals surface area contributed by atoms with Crippen LogP contribution in [-0.4, -0.2) is 58.7 Å². The van der Waals surface area contributed by atoms with Crippen molar-refractivity contribution in [1.82, 2.24) is 14.9 Å². The molecule has 1 unspecified atom stereocenters. The summed E-state index contributed by atoms with van der Waals surface area (Å²) in [5.41, 5.74) is 0. The second-order valence-electron chi connectivity index (χ2n) is 4.83.